The van der Waals surface area contributed by atoms with Gasteiger partial charge >= 0.3 is 0 Å². The molecular weight excluding hydrogens is 576 g/mol. The van der Waals surface area contributed by atoms with Crippen molar-refractivity contribution in [2.75, 3.05) is 20.8 Å². The number of sulfonamides is 3. The van der Waals surface area contributed by atoms with Crippen LogP contribution in [0.15, 0.2) is 76.5 Å². The molecule has 14 nitrogen and oxygen atoms in total. The number of nitro groups is 2. The molecule has 0 bridgehead atoms. The molecule has 0 saturated heterocycles. The summed E-state index contributed by atoms with van der Waals surface area (Å²) in [6.45, 7) is 0.0967. The van der Waals surface area contributed by atoms with Gasteiger partial charge in [0, 0.05) is 30.8 Å². The van der Waals surface area contributed by atoms with Crippen molar-refractivity contribution < 1.29 is 35.1 Å². The molecule has 0 amide bonds. The van der Waals surface area contributed by atoms with Gasteiger partial charge in [-0.05, 0) is 54.8 Å². The van der Waals surface area contributed by atoms with E-state index in [0.29, 0.717) is 18.4 Å². The lowest BCUT2D eigenvalue weighted by Gasteiger charge is -2.31. The van der Waals surface area contributed by atoms with Gasteiger partial charge < -0.3 is 0 Å². The molecule has 0 radical (unpaired) electrons. The molecule has 39 heavy (non-hydrogen) atoms. The fourth-order valence-electron chi connectivity index (χ4n) is 4.07. The topological polar surface area (TPSA) is 195 Å². The van der Waals surface area contributed by atoms with Crippen LogP contribution in [0.25, 0.3) is 0 Å². The predicted octanol–water partition coefficient (Wildman–Crippen LogP) is 2.80. The van der Waals surface area contributed by atoms with Crippen LogP contribution in [0.4, 0.5) is 22.7 Å². The Morgan fingerprint density at radius 3 is 1.62 bits per heavy atom. The number of aryl methyl sites for hydroxylation is 1. The highest BCUT2D eigenvalue weighted by molar-refractivity contribution is 8.10. The summed E-state index contributed by atoms with van der Waals surface area (Å²) in [6.07, 6.45) is 1.92. The van der Waals surface area contributed by atoms with E-state index in [1.807, 2.05) is 0 Å². The second-order valence-corrected chi connectivity index (χ2v) is 14.2. The highest BCUT2D eigenvalue weighted by Crippen LogP contribution is 2.37. The lowest BCUT2D eigenvalue weighted by atomic mass is 10.0. The smallest absolute Gasteiger partial charge is 0.270 e. The van der Waals surface area contributed by atoms with Gasteiger partial charge in [0.1, 0.15) is 0 Å². The van der Waals surface area contributed by atoms with Crippen LogP contribution in [0.1, 0.15) is 12.0 Å². The second-order valence-electron chi connectivity index (χ2n) is 8.46. The largest absolute Gasteiger partial charge is 0.277 e. The van der Waals surface area contributed by atoms with Gasteiger partial charge in [0.05, 0.1) is 37.3 Å². The molecule has 0 saturated carbocycles. The highest BCUT2D eigenvalue weighted by atomic mass is 32.3. The van der Waals surface area contributed by atoms with Gasteiger partial charge in [0.15, 0.2) is 0 Å². The Morgan fingerprint density at radius 1 is 0.744 bits per heavy atom. The van der Waals surface area contributed by atoms with Crippen molar-refractivity contribution in [3.05, 3.63) is 92.5 Å². The SMILES string of the molecule is CS(=O)(=O)N1CCCc2ccc(N(S(=O)(=O)c3ccc([N+](=O)[O-])cc3)S(=O)(=O)c3ccc([N+](=O)[O-])cc3)cc21. The van der Waals surface area contributed by atoms with E-state index in [0.717, 1.165) is 65.2 Å². The lowest BCUT2D eigenvalue weighted by molar-refractivity contribution is -0.385. The molecular formula is C22H20N4O10S3. The van der Waals surface area contributed by atoms with Gasteiger partial charge in [-0.15, -0.1) is 0 Å². The molecule has 4 rings (SSSR count). The van der Waals surface area contributed by atoms with Crippen molar-refractivity contribution in [3.63, 3.8) is 0 Å². The quantitative estimate of drug-likeness (QED) is 0.275. The molecule has 0 aliphatic carbocycles. The van der Waals surface area contributed by atoms with Crippen LogP contribution in [0, 0.1) is 20.2 Å². The summed E-state index contributed by atoms with van der Waals surface area (Å²) < 4.78 is 81.1. The molecule has 206 valence electrons. The van der Waals surface area contributed by atoms with E-state index in [9.17, 15) is 45.5 Å². The van der Waals surface area contributed by atoms with Crippen molar-refractivity contribution >= 4 is 52.8 Å². The van der Waals surface area contributed by atoms with Crippen LogP contribution in [0.2, 0.25) is 0 Å². The van der Waals surface area contributed by atoms with Crippen LogP contribution in [0.3, 0.4) is 0 Å². The second kappa shape index (κ2) is 9.90. The molecule has 0 unspecified atom stereocenters. The van der Waals surface area contributed by atoms with Gasteiger partial charge in [-0.1, -0.05) is 6.07 Å². The van der Waals surface area contributed by atoms with Gasteiger partial charge in [0.25, 0.3) is 31.4 Å². The van der Waals surface area contributed by atoms with Gasteiger partial charge in [-0.25, -0.2) is 25.3 Å². The number of nitro benzene ring substituents is 2. The van der Waals surface area contributed by atoms with Gasteiger partial charge in [0.2, 0.25) is 10.0 Å². The summed E-state index contributed by atoms with van der Waals surface area (Å²) >= 11 is 0. The maximum Gasteiger partial charge on any atom is 0.277 e. The molecule has 17 heteroatoms. The number of rotatable bonds is 8. The minimum Gasteiger partial charge on any atom is -0.270 e. The fraction of sp³-hybridized carbons (Fsp3) is 0.182. The number of benzene rings is 3. The van der Waals surface area contributed by atoms with Crippen molar-refractivity contribution in [1.29, 1.82) is 0 Å². The molecule has 0 N–H and O–H groups in total. The Hall–Kier alpha value is -4.09. The third-order valence-electron chi connectivity index (χ3n) is 5.88. The van der Waals surface area contributed by atoms with Crippen molar-refractivity contribution in [3.8, 4) is 0 Å². The maximum absolute atomic E-state index is 13.8. The standard InChI is InChI=1S/C22H20N4O10S3/c1-37(31,32)23-14-2-3-16-4-5-19(15-22(16)23)26(38(33,34)20-10-6-17(7-11-20)24(27)28)39(35,36)21-12-8-18(9-13-21)25(29)30/h4-13,15H,2-3,14H2,1H3. The lowest BCUT2D eigenvalue weighted by Crippen LogP contribution is -2.38. The molecule has 0 aromatic heterocycles. The van der Waals surface area contributed by atoms with Gasteiger partial charge in [-0.2, -0.15) is 3.71 Å². The van der Waals surface area contributed by atoms with Crippen LogP contribution < -0.4 is 8.02 Å². The minimum atomic E-state index is -4.99. The van der Waals surface area contributed by atoms with E-state index in [1.165, 1.54) is 12.1 Å². The van der Waals surface area contributed by atoms with Crippen LogP contribution in [0.5, 0.6) is 0 Å². The number of non-ortho nitro benzene ring substituents is 2. The number of hydrogen-bond donors (Lipinski definition) is 0. The third-order valence-corrected chi connectivity index (χ3v) is 11.3. The van der Waals surface area contributed by atoms with Crippen LogP contribution in [-0.2, 0) is 36.5 Å². The van der Waals surface area contributed by atoms with Crippen LogP contribution >= 0.6 is 0 Å². The van der Waals surface area contributed by atoms with Crippen molar-refractivity contribution in [2.24, 2.45) is 0 Å². The van der Waals surface area contributed by atoms with E-state index in [1.54, 1.807) is 0 Å². The first-order valence-electron chi connectivity index (χ1n) is 11.0. The number of anilines is 2. The molecule has 1 aliphatic rings. The summed E-state index contributed by atoms with van der Waals surface area (Å²) in [5.74, 6) is 0. The summed E-state index contributed by atoms with van der Waals surface area (Å²) in [6, 6.07) is 10.8. The molecule has 1 heterocycles. The summed E-state index contributed by atoms with van der Waals surface area (Å²) in [4.78, 5) is 19.3. The monoisotopic (exact) mass is 596 g/mol. The van der Waals surface area contributed by atoms with Gasteiger partial charge in [-0.3, -0.25) is 24.5 Å². The first-order chi connectivity index (χ1) is 18.1. The molecule has 0 atom stereocenters. The Balaban J connectivity index is 1.96. The summed E-state index contributed by atoms with van der Waals surface area (Å²) in [5.41, 5.74) is -0.645. The highest BCUT2D eigenvalue weighted by Gasteiger charge is 2.38. The fourth-order valence-corrected chi connectivity index (χ4v) is 8.73. The Labute approximate surface area is 223 Å². The third kappa shape index (κ3) is 5.27. The first kappa shape index (κ1) is 27.9. The summed E-state index contributed by atoms with van der Waals surface area (Å²) in [5, 5.41) is 22.1. The molecule has 1 aliphatic heterocycles. The average Bonchev–Trinajstić information content (AvgIpc) is 2.87. The predicted molar refractivity (Wildman–Crippen MR) is 140 cm³/mol. The number of nitrogens with zero attached hydrogens (tertiary/aromatic N) is 4. The number of hydrogen-bond acceptors (Lipinski definition) is 10. The Morgan fingerprint density at radius 2 is 1.21 bits per heavy atom. The van der Waals surface area contributed by atoms with Crippen LogP contribution in [-0.4, -0.2) is 47.9 Å². The van der Waals surface area contributed by atoms with Crippen molar-refractivity contribution in [2.45, 2.75) is 22.6 Å². The minimum absolute atomic E-state index is 0.0810. The van der Waals surface area contributed by atoms with E-state index in [2.05, 4.69) is 0 Å². The Bertz CT molecular complexity index is 1700. The molecule has 3 aromatic rings. The van der Waals surface area contributed by atoms with E-state index in [-0.39, 0.29) is 15.9 Å². The number of fused-ring (bicyclic) bond motifs is 1. The zero-order valence-electron chi connectivity index (χ0n) is 20.1. The van der Waals surface area contributed by atoms with E-state index >= 15 is 0 Å². The first-order valence-corrected chi connectivity index (χ1v) is 15.8. The Kier molecular flexibility index (Phi) is 7.09. The molecule has 3 aromatic carbocycles. The average molecular weight is 597 g/mol. The zero-order chi connectivity index (χ0) is 28.8. The van der Waals surface area contributed by atoms with E-state index < -0.39 is 66.8 Å². The maximum atomic E-state index is 13.8. The normalized spacial score (nSPS) is 13.9. The van der Waals surface area contributed by atoms with E-state index in [4.69, 9.17) is 0 Å². The van der Waals surface area contributed by atoms with Crippen molar-refractivity contribution in [1.82, 2.24) is 0 Å². The molecule has 0 spiro atoms. The molecule has 0 fully saturated rings. The summed E-state index contributed by atoms with van der Waals surface area (Å²) in [7, 11) is -13.8. The zero-order valence-corrected chi connectivity index (χ0v) is 22.5.